The van der Waals surface area contributed by atoms with Crippen LogP contribution in [0.2, 0.25) is 0 Å². The zero-order valence-corrected chi connectivity index (χ0v) is 22.5. The number of aromatic hydroxyl groups is 1. The molecule has 200 valence electrons. The number of pyridine rings is 1. The zero-order chi connectivity index (χ0) is 28.4. The molecule has 9 nitrogen and oxygen atoms in total. The van der Waals surface area contributed by atoms with Gasteiger partial charge in [-0.1, -0.05) is 31.2 Å². The molecule has 1 fully saturated rings. The normalized spacial score (nSPS) is 13.8. The van der Waals surface area contributed by atoms with Gasteiger partial charge in [0.05, 0.1) is 34.2 Å². The fraction of sp³-hybridized carbons (Fsp3) is 0.233. The van der Waals surface area contributed by atoms with Gasteiger partial charge < -0.3 is 5.11 Å². The molecule has 0 amide bonds. The van der Waals surface area contributed by atoms with E-state index >= 15 is 0 Å². The molecule has 0 radical (unpaired) electrons. The molecule has 0 spiro atoms. The quantitative estimate of drug-likeness (QED) is 0.335. The van der Waals surface area contributed by atoms with Gasteiger partial charge >= 0.3 is 0 Å². The minimum absolute atomic E-state index is 0.200. The van der Waals surface area contributed by atoms with Gasteiger partial charge in [-0.05, 0) is 66.6 Å². The predicted octanol–water partition coefficient (Wildman–Crippen LogP) is 4.54. The van der Waals surface area contributed by atoms with Crippen LogP contribution < -0.4 is 5.56 Å². The lowest BCUT2D eigenvalue weighted by atomic mass is 10.0. The second kappa shape index (κ2) is 10.8. The number of hydrogen-bond acceptors (Lipinski definition) is 8. The lowest BCUT2D eigenvalue weighted by molar-refractivity contribution is 0.357. The first-order valence-electron chi connectivity index (χ1n) is 12.8. The molecule has 2 heterocycles. The van der Waals surface area contributed by atoms with E-state index < -0.39 is 32.2 Å². The standard InChI is InChI=1S/C30H25N5O4S/c1-2-26(22-5-3-4-20(14-22)16-31)35-27(15-19-6-7-19)34-29(36)28(30(35)37)40(38,39)24-10-8-21(9-11-24)25-18-33-13-12-23(25)17-32/h3-5,8-14,18-19,26,37H,2,6-7,15H2,1H3. The highest BCUT2D eigenvalue weighted by Gasteiger charge is 2.34. The van der Waals surface area contributed by atoms with E-state index in [4.69, 9.17) is 0 Å². The van der Waals surface area contributed by atoms with Crippen molar-refractivity contribution in [2.24, 2.45) is 5.92 Å². The van der Waals surface area contributed by atoms with Crippen molar-refractivity contribution < 1.29 is 13.5 Å². The molecule has 2 aromatic heterocycles. The molecule has 1 aliphatic carbocycles. The van der Waals surface area contributed by atoms with E-state index in [1.165, 1.54) is 41.2 Å². The maximum atomic E-state index is 13.8. The first-order valence-corrected chi connectivity index (χ1v) is 14.3. The summed E-state index contributed by atoms with van der Waals surface area (Å²) in [7, 11) is -4.48. The lowest BCUT2D eigenvalue weighted by Crippen LogP contribution is -2.27. The number of hydrogen-bond donors (Lipinski definition) is 1. The molecule has 0 aliphatic heterocycles. The number of nitrogens with zero attached hydrogens (tertiary/aromatic N) is 5. The second-order valence-corrected chi connectivity index (χ2v) is 11.6. The van der Waals surface area contributed by atoms with Gasteiger partial charge in [0.1, 0.15) is 5.82 Å². The Balaban J connectivity index is 1.64. The smallest absolute Gasteiger partial charge is 0.296 e. The first-order chi connectivity index (χ1) is 19.3. The molecule has 1 saturated carbocycles. The van der Waals surface area contributed by atoms with Crippen molar-refractivity contribution in [3.8, 4) is 29.1 Å². The van der Waals surface area contributed by atoms with Gasteiger partial charge in [0.2, 0.25) is 15.7 Å². The summed E-state index contributed by atoms with van der Waals surface area (Å²) < 4.78 is 29.0. The molecular formula is C30H25N5O4S. The summed E-state index contributed by atoms with van der Waals surface area (Å²) in [6.45, 7) is 1.88. The van der Waals surface area contributed by atoms with Gasteiger partial charge in [0.25, 0.3) is 5.56 Å². The molecule has 0 bridgehead atoms. The van der Waals surface area contributed by atoms with E-state index in [0.717, 1.165) is 12.8 Å². The fourth-order valence-electron chi connectivity index (χ4n) is 4.87. The van der Waals surface area contributed by atoms with E-state index in [1.54, 1.807) is 30.3 Å². The van der Waals surface area contributed by atoms with Gasteiger partial charge in [-0.25, -0.2) is 8.42 Å². The highest BCUT2D eigenvalue weighted by molar-refractivity contribution is 7.91. The number of nitriles is 2. The van der Waals surface area contributed by atoms with Gasteiger partial charge in [0.15, 0.2) is 4.90 Å². The van der Waals surface area contributed by atoms with Crippen LogP contribution >= 0.6 is 0 Å². The predicted molar refractivity (Wildman–Crippen MR) is 146 cm³/mol. The van der Waals surface area contributed by atoms with Crippen molar-refractivity contribution in [3.63, 3.8) is 0 Å². The highest BCUT2D eigenvalue weighted by Crippen LogP contribution is 2.37. The molecule has 0 saturated heterocycles. The van der Waals surface area contributed by atoms with Crippen LogP contribution in [0.1, 0.15) is 54.7 Å². The summed E-state index contributed by atoms with van der Waals surface area (Å²) in [5, 5.41) is 30.3. The monoisotopic (exact) mass is 551 g/mol. The molecule has 40 heavy (non-hydrogen) atoms. The van der Waals surface area contributed by atoms with Gasteiger partial charge in [-0.3, -0.25) is 14.3 Å². The Morgan fingerprint density at radius 2 is 1.85 bits per heavy atom. The van der Waals surface area contributed by atoms with Crippen molar-refractivity contribution in [3.05, 3.63) is 99.9 Å². The van der Waals surface area contributed by atoms with Gasteiger partial charge in [-0.15, -0.1) is 0 Å². The second-order valence-electron chi connectivity index (χ2n) is 9.73. The Bertz CT molecular complexity index is 1850. The zero-order valence-electron chi connectivity index (χ0n) is 21.7. The summed E-state index contributed by atoms with van der Waals surface area (Å²) in [6.07, 6.45) is 5.82. The summed E-state index contributed by atoms with van der Waals surface area (Å²) in [6, 6.07) is 17.8. The summed E-state index contributed by atoms with van der Waals surface area (Å²) in [5.41, 5.74) is 1.59. The van der Waals surface area contributed by atoms with Crippen LogP contribution in [0, 0.1) is 28.6 Å². The van der Waals surface area contributed by atoms with Crippen molar-refractivity contribution in [2.45, 2.75) is 48.4 Å². The number of rotatable bonds is 8. The van der Waals surface area contributed by atoms with Crippen LogP contribution in [0.3, 0.4) is 0 Å². The molecule has 1 atom stereocenters. The van der Waals surface area contributed by atoms with E-state index in [9.17, 15) is 28.8 Å². The summed E-state index contributed by atoms with van der Waals surface area (Å²) in [5.74, 6) is -0.0524. The largest absolute Gasteiger partial charge is 0.493 e. The van der Waals surface area contributed by atoms with Crippen molar-refractivity contribution in [1.82, 2.24) is 14.5 Å². The summed E-state index contributed by atoms with van der Waals surface area (Å²) >= 11 is 0. The van der Waals surface area contributed by atoms with Crippen LogP contribution in [-0.4, -0.2) is 28.1 Å². The van der Waals surface area contributed by atoms with Crippen molar-refractivity contribution in [1.29, 1.82) is 10.5 Å². The van der Waals surface area contributed by atoms with Crippen LogP contribution in [-0.2, 0) is 16.3 Å². The third-order valence-electron chi connectivity index (χ3n) is 7.09. The van der Waals surface area contributed by atoms with E-state index in [-0.39, 0.29) is 4.90 Å². The Morgan fingerprint density at radius 3 is 2.50 bits per heavy atom. The third-order valence-corrected chi connectivity index (χ3v) is 8.87. The molecule has 10 heteroatoms. The highest BCUT2D eigenvalue weighted by atomic mass is 32.2. The van der Waals surface area contributed by atoms with Gasteiger partial charge in [-0.2, -0.15) is 15.5 Å². The fourth-order valence-corrected chi connectivity index (χ4v) is 6.22. The minimum Gasteiger partial charge on any atom is -0.493 e. The third kappa shape index (κ3) is 4.97. The van der Waals surface area contributed by atoms with E-state index in [2.05, 4.69) is 22.1 Å². The number of benzene rings is 2. The maximum Gasteiger partial charge on any atom is 0.296 e. The SMILES string of the molecule is CCC(c1cccc(C#N)c1)n1c(CC2CC2)nc(=O)c(S(=O)(=O)c2ccc(-c3cnccc3C#N)cc2)c1O. The van der Waals surface area contributed by atoms with Crippen LogP contribution in [0.5, 0.6) is 5.88 Å². The van der Waals surface area contributed by atoms with Crippen LogP contribution in [0.25, 0.3) is 11.1 Å². The van der Waals surface area contributed by atoms with Gasteiger partial charge in [0, 0.05) is 24.4 Å². The molecule has 1 N–H and O–H groups in total. The topological polar surface area (TPSA) is 150 Å². The molecule has 1 unspecified atom stereocenters. The van der Waals surface area contributed by atoms with E-state index in [0.29, 0.717) is 52.4 Å². The van der Waals surface area contributed by atoms with Crippen molar-refractivity contribution >= 4 is 9.84 Å². The molecular weight excluding hydrogens is 526 g/mol. The Hall–Kier alpha value is -4.80. The molecule has 2 aromatic carbocycles. The maximum absolute atomic E-state index is 13.8. The first kappa shape index (κ1) is 26.8. The lowest BCUT2D eigenvalue weighted by Gasteiger charge is -2.25. The minimum atomic E-state index is -4.48. The average Bonchev–Trinajstić information content (AvgIpc) is 3.79. The van der Waals surface area contributed by atoms with Crippen molar-refractivity contribution in [2.75, 3.05) is 0 Å². The number of aromatic nitrogens is 3. The van der Waals surface area contributed by atoms with Crippen LogP contribution in [0.15, 0.2) is 81.6 Å². The molecule has 5 rings (SSSR count). The Kier molecular flexibility index (Phi) is 7.20. The van der Waals surface area contributed by atoms with E-state index in [1.807, 2.05) is 6.92 Å². The van der Waals surface area contributed by atoms with Crippen LogP contribution in [0.4, 0.5) is 0 Å². The Labute approximate surface area is 231 Å². The molecule has 4 aromatic rings. The number of sulfone groups is 1. The summed E-state index contributed by atoms with van der Waals surface area (Å²) in [4.78, 5) is 20.4. The average molecular weight is 552 g/mol. The molecule has 1 aliphatic rings. The Morgan fingerprint density at radius 1 is 1.10 bits per heavy atom.